The van der Waals surface area contributed by atoms with Crippen LogP contribution in [0.3, 0.4) is 0 Å². The van der Waals surface area contributed by atoms with Gasteiger partial charge in [0.25, 0.3) is 5.91 Å². The standard InChI is InChI=1S/C21H25N3O/c1-16-7-6-8-17(13-16)19-15-22(2)20-14-18(9-12-24(19)20)21(25)23-10-4-3-5-11-23/h6-9,12-15,20H,3-5,10-11H2,1-2H3. The van der Waals surface area contributed by atoms with Crippen LogP contribution in [0.15, 0.2) is 54.4 Å². The van der Waals surface area contributed by atoms with Crippen LogP contribution in [-0.4, -0.2) is 46.9 Å². The summed E-state index contributed by atoms with van der Waals surface area (Å²) < 4.78 is 0. The van der Waals surface area contributed by atoms with E-state index in [0.717, 1.165) is 31.5 Å². The number of aryl methyl sites for hydroxylation is 1. The fourth-order valence-electron chi connectivity index (χ4n) is 3.87. The Morgan fingerprint density at radius 2 is 1.96 bits per heavy atom. The Hall–Kier alpha value is -2.49. The molecule has 4 heteroatoms. The smallest absolute Gasteiger partial charge is 0.253 e. The maximum atomic E-state index is 12.8. The largest absolute Gasteiger partial charge is 0.355 e. The van der Waals surface area contributed by atoms with Gasteiger partial charge in [-0.25, -0.2) is 0 Å². The monoisotopic (exact) mass is 335 g/mol. The highest BCUT2D eigenvalue weighted by atomic mass is 16.2. The molecule has 1 atom stereocenters. The second-order valence-electron chi connectivity index (χ2n) is 7.16. The number of fused-ring (bicyclic) bond motifs is 1. The first-order valence-corrected chi connectivity index (χ1v) is 9.12. The minimum absolute atomic E-state index is 0.0734. The van der Waals surface area contributed by atoms with Crippen LogP contribution < -0.4 is 0 Å². The molecule has 1 aromatic carbocycles. The summed E-state index contributed by atoms with van der Waals surface area (Å²) in [6.45, 7) is 3.89. The number of likely N-dealkylation sites (N-methyl/N-ethyl adjacent to an activating group) is 1. The molecule has 3 aliphatic heterocycles. The molecule has 1 unspecified atom stereocenters. The Kier molecular flexibility index (Phi) is 4.12. The number of rotatable bonds is 2. The van der Waals surface area contributed by atoms with Crippen molar-refractivity contribution in [1.29, 1.82) is 0 Å². The highest BCUT2D eigenvalue weighted by Gasteiger charge is 2.32. The van der Waals surface area contributed by atoms with Crippen molar-refractivity contribution in [2.24, 2.45) is 0 Å². The van der Waals surface area contributed by atoms with Crippen molar-refractivity contribution < 1.29 is 4.79 Å². The summed E-state index contributed by atoms with van der Waals surface area (Å²) in [5, 5.41) is 0. The number of likely N-dealkylation sites (tertiary alicyclic amines) is 1. The number of carbonyl (C=O) groups is 1. The summed E-state index contributed by atoms with van der Waals surface area (Å²) >= 11 is 0. The zero-order valence-corrected chi connectivity index (χ0v) is 15.0. The third-order valence-electron chi connectivity index (χ3n) is 5.25. The Bertz CT molecular complexity index is 771. The van der Waals surface area contributed by atoms with Crippen molar-refractivity contribution in [2.45, 2.75) is 32.4 Å². The van der Waals surface area contributed by atoms with Gasteiger partial charge in [0.05, 0.1) is 5.70 Å². The molecule has 3 heterocycles. The van der Waals surface area contributed by atoms with E-state index in [0.29, 0.717) is 0 Å². The first-order valence-electron chi connectivity index (χ1n) is 9.12. The second kappa shape index (κ2) is 6.43. The maximum Gasteiger partial charge on any atom is 0.253 e. The highest BCUT2D eigenvalue weighted by Crippen LogP contribution is 2.34. The summed E-state index contributed by atoms with van der Waals surface area (Å²) in [5.74, 6) is 0.174. The molecule has 130 valence electrons. The van der Waals surface area contributed by atoms with E-state index in [-0.39, 0.29) is 12.1 Å². The van der Waals surface area contributed by atoms with Gasteiger partial charge in [-0.15, -0.1) is 0 Å². The van der Waals surface area contributed by atoms with E-state index in [2.05, 4.69) is 66.5 Å². The second-order valence-corrected chi connectivity index (χ2v) is 7.16. The van der Waals surface area contributed by atoms with Crippen LogP contribution in [0.1, 0.15) is 30.4 Å². The Labute approximate surface area is 149 Å². The third kappa shape index (κ3) is 2.97. The van der Waals surface area contributed by atoms with E-state index in [4.69, 9.17) is 0 Å². The van der Waals surface area contributed by atoms with Crippen LogP contribution in [0.5, 0.6) is 0 Å². The molecule has 1 aromatic rings. The van der Waals surface area contributed by atoms with Gasteiger partial charge in [0, 0.05) is 38.1 Å². The van der Waals surface area contributed by atoms with Crippen LogP contribution in [0.4, 0.5) is 0 Å². The number of nitrogens with zero attached hydrogens (tertiary/aromatic N) is 3. The van der Waals surface area contributed by atoms with Gasteiger partial charge in [-0.2, -0.15) is 0 Å². The molecule has 3 aliphatic rings. The molecular formula is C21H25N3O. The first-order chi connectivity index (χ1) is 12.1. The number of carbonyl (C=O) groups excluding carboxylic acids is 1. The van der Waals surface area contributed by atoms with Gasteiger partial charge in [-0.05, 0) is 50.0 Å². The van der Waals surface area contributed by atoms with Crippen molar-refractivity contribution in [3.63, 3.8) is 0 Å². The molecule has 0 aromatic heterocycles. The number of benzene rings is 1. The first kappa shape index (κ1) is 16.0. The van der Waals surface area contributed by atoms with E-state index in [1.807, 2.05) is 11.0 Å². The van der Waals surface area contributed by atoms with Gasteiger partial charge >= 0.3 is 0 Å². The van der Waals surface area contributed by atoms with E-state index >= 15 is 0 Å². The summed E-state index contributed by atoms with van der Waals surface area (Å²) in [5.41, 5.74) is 4.45. The molecule has 1 amide bonds. The quantitative estimate of drug-likeness (QED) is 0.829. The third-order valence-corrected chi connectivity index (χ3v) is 5.25. The predicted octanol–water partition coefficient (Wildman–Crippen LogP) is 3.33. The van der Waals surface area contributed by atoms with E-state index < -0.39 is 0 Å². The van der Waals surface area contributed by atoms with E-state index in [9.17, 15) is 4.79 Å². The van der Waals surface area contributed by atoms with E-state index in [1.165, 1.54) is 23.2 Å². The minimum atomic E-state index is 0.0734. The normalized spacial score (nSPS) is 22.6. The molecule has 25 heavy (non-hydrogen) atoms. The fraction of sp³-hybridized carbons (Fsp3) is 0.381. The maximum absolute atomic E-state index is 12.8. The molecule has 1 saturated heterocycles. The van der Waals surface area contributed by atoms with Crippen molar-refractivity contribution in [2.75, 3.05) is 20.1 Å². The average Bonchev–Trinajstić information content (AvgIpc) is 2.98. The summed E-state index contributed by atoms with van der Waals surface area (Å²) in [4.78, 5) is 19.2. The van der Waals surface area contributed by atoms with Gasteiger partial charge < -0.3 is 14.7 Å². The highest BCUT2D eigenvalue weighted by molar-refractivity contribution is 5.96. The molecule has 0 bridgehead atoms. The molecule has 0 aliphatic carbocycles. The molecule has 0 radical (unpaired) electrons. The lowest BCUT2D eigenvalue weighted by atomic mass is 10.1. The Balaban J connectivity index is 1.56. The zero-order valence-electron chi connectivity index (χ0n) is 15.0. The van der Waals surface area contributed by atoms with Crippen molar-refractivity contribution >= 4 is 11.6 Å². The minimum Gasteiger partial charge on any atom is -0.355 e. The molecule has 0 N–H and O–H groups in total. The fourth-order valence-corrected chi connectivity index (χ4v) is 3.87. The van der Waals surface area contributed by atoms with Crippen LogP contribution >= 0.6 is 0 Å². The Morgan fingerprint density at radius 3 is 2.72 bits per heavy atom. The van der Waals surface area contributed by atoms with Crippen molar-refractivity contribution in [1.82, 2.24) is 14.7 Å². The van der Waals surface area contributed by atoms with Crippen LogP contribution in [-0.2, 0) is 4.79 Å². The number of hydrogen-bond donors (Lipinski definition) is 0. The van der Waals surface area contributed by atoms with Crippen LogP contribution in [0.25, 0.3) is 5.70 Å². The van der Waals surface area contributed by atoms with Crippen molar-refractivity contribution in [3.05, 3.63) is 65.5 Å². The lowest BCUT2D eigenvalue weighted by Gasteiger charge is -2.33. The molecule has 0 spiro atoms. The Morgan fingerprint density at radius 1 is 1.16 bits per heavy atom. The van der Waals surface area contributed by atoms with Gasteiger partial charge in [-0.3, -0.25) is 4.79 Å². The van der Waals surface area contributed by atoms with Gasteiger partial charge in [0.1, 0.15) is 6.17 Å². The summed E-state index contributed by atoms with van der Waals surface area (Å²) in [6, 6.07) is 8.55. The number of piperidine rings is 1. The van der Waals surface area contributed by atoms with Crippen molar-refractivity contribution in [3.8, 4) is 0 Å². The lowest BCUT2D eigenvalue weighted by Crippen LogP contribution is -2.39. The summed E-state index contributed by atoms with van der Waals surface area (Å²) in [7, 11) is 2.07. The lowest BCUT2D eigenvalue weighted by molar-refractivity contribution is -0.127. The van der Waals surface area contributed by atoms with Gasteiger partial charge in [0.15, 0.2) is 0 Å². The molecule has 4 nitrogen and oxygen atoms in total. The zero-order chi connectivity index (χ0) is 17.4. The molecular weight excluding hydrogens is 310 g/mol. The van der Waals surface area contributed by atoms with Gasteiger partial charge in [-0.1, -0.05) is 23.8 Å². The molecule has 0 saturated carbocycles. The van der Waals surface area contributed by atoms with Gasteiger partial charge in [0.2, 0.25) is 0 Å². The average molecular weight is 335 g/mol. The predicted molar refractivity (Wildman–Crippen MR) is 100 cm³/mol. The number of amides is 1. The molecule has 1 fully saturated rings. The molecule has 4 rings (SSSR count). The topological polar surface area (TPSA) is 26.8 Å². The number of hydrogen-bond acceptors (Lipinski definition) is 3. The van der Waals surface area contributed by atoms with Crippen LogP contribution in [0.2, 0.25) is 0 Å². The van der Waals surface area contributed by atoms with Crippen LogP contribution in [0, 0.1) is 6.92 Å². The SMILES string of the molecule is Cc1cccc(C2=CN(C)C3C=C(C(=O)N4CCCCC4)C=CN23)c1. The summed E-state index contributed by atoms with van der Waals surface area (Å²) in [6.07, 6.45) is 11.8. The van der Waals surface area contributed by atoms with E-state index in [1.54, 1.807) is 0 Å².